The molecule has 1 fully saturated rings. The first-order chi connectivity index (χ1) is 14.0. The summed E-state index contributed by atoms with van der Waals surface area (Å²) >= 11 is 0. The number of anilines is 1. The first-order valence-electron chi connectivity index (χ1n) is 9.75. The Bertz CT molecular complexity index is 971. The van der Waals surface area contributed by atoms with Gasteiger partial charge >= 0.3 is 0 Å². The van der Waals surface area contributed by atoms with Gasteiger partial charge in [-0.05, 0) is 62.4 Å². The van der Waals surface area contributed by atoms with Gasteiger partial charge in [0.2, 0.25) is 0 Å². The molecule has 2 aliphatic heterocycles. The van der Waals surface area contributed by atoms with Crippen molar-refractivity contribution in [3.63, 3.8) is 0 Å². The predicted molar refractivity (Wildman–Crippen MR) is 116 cm³/mol. The summed E-state index contributed by atoms with van der Waals surface area (Å²) in [5.41, 5.74) is 1.45. The first kappa shape index (κ1) is 21.8. The minimum absolute atomic E-state index is 0. The smallest absolute Gasteiger partial charge is 0.266 e. The van der Waals surface area contributed by atoms with E-state index in [0.29, 0.717) is 29.2 Å². The molecule has 1 atom stereocenters. The fourth-order valence-electron chi connectivity index (χ4n) is 3.81. The number of nitrogens with one attached hydrogen (secondary N) is 1. The molecule has 1 saturated heterocycles. The summed E-state index contributed by atoms with van der Waals surface area (Å²) in [4.78, 5) is 41.5. The van der Waals surface area contributed by atoms with Crippen molar-refractivity contribution in [3.05, 3.63) is 59.2 Å². The zero-order valence-corrected chi connectivity index (χ0v) is 17.7. The molecule has 1 N–H and O–H groups in total. The zero-order chi connectivity index (χ0) is 20.5. The Hall–Kier alpha value is -2.90. The van der Waals surface area contributed by atoms with Gasteiger partial charge < -0.3 is 15.0 Å². The van der Waals surface area contributed by atoms with Crippen molar-refractivity contribution in [3.8, 4) is 5.75 Å². The van der Waals surface area contributed by atoms with Crippen molar-refractivity contribution in [1.29, 1.82) is 0 Å². The lowest BCUT2D eigenvalue weighted by Crippen LogP contribution is -2.38. The minimum atomic E-state index is -0.422. The van der Waals surface area contributed by atoms with Crippen LogP contribution in [0.1, 0.15) is 44.4 Å². The minimum Gasteiger partial charge on any atom is -0.494 e. The molecule has 0 saturated carbocycles. The van der Waals surface area contributed by atoms with Crippen molar-refractivity contribution < 1.29 is 19.1 Å². The molecule has 3 amide bonds. The molecule has 2 aromatic carbocycles. The van der Waals surface area contributed by atoms with Gasteiger partial charge in [0.1, 0.15) is 5.75 Å². The highest BCUT2D eigenvalue weighted by molar-refractivity contribution is 6.34. The fourth-order valence-corrected chi connectivity index (χ4v) is 3.81. The van der Waals surface area contributed by atoms with E-state index in [4.69, 9.17) is 4.74 Å². The number of hydrogen-bond acceptors (Lipinski definition) is 5. The van der Waals surface area contributed by atoms with Crippen LogP contribution in [0.4, 0.5) is 5.69 Å². The van der Waals surface area contributed by atoms with Crippen LogP contribution in [-0.2, 0) is 0 Å². The third-order valence-electron chi connectivity index (χ3n) is 5.44. The van der Waals surface area contributed by atoms with Crippen LogP contribution in [0.25, 0.3) is 0 Å². The Labute approximate surface area is 181 Å². The van der Waals surface area contributed by atoms with Crippen LogP contribution in [0.15, 0.2) is 42.5 Å². The van der Waals surface area contributed by atoms with Gasteiger partial charge in [-0.2, -0.15) is 0 Å². The van der Waals surface area contributed by atoms with Crippen LogP contribution in [0.5, 0.6) is 5.75 Å². The zero-order valence-electron chi connectivity index (χ0n) is 16.9. The highest BCUT2D eigenvalue weighted by Crippen LogP contribution is 2.30. The maximum absolute atomic E-state index is 13.0. The molecular weight excluding hydrogens is 406 g/mol. The molecular formula is C22H24ClN3O4. The Morgan fingerprint density at radius 1 is 1.13 bits per heavy atom. The van der Waals surface area contributed by atoms with Gasteiger partial charge in [-0.25, -0.2) is 4.90 Å². The Balaban J connectivity index is 0.00000256. The van der Waals surface area contributed by atoms with E-state index in [2.05, 4.69) is 5.32 Å². The molecule has 158 valence electrons. The molecule has 2 heterocycles. The summed E-state index contributed by atoms with van der Waals surface area (Å²) in [6, 6.07) is 11.7. The second-order valence-electron chi connectivity index (χ2n) is 7.20. The number of amides is 3. The maximum atomic E-state index is 13.0. The molecule has 7 nitrogen and oxygen atoms in total. The highest BCUT2D eigenvalue weighted by atomic mass is 35.5. The standard InChI is InChI=1S/C22H23N3O4.ClH/c1-3-29-17-7-5-15(6-8-17)25-21(27)18-9-4-14(12-19(18)22(25)28)20(26)24(2)16-10-11-23-13-16;/h4-9,12,16,23H,3,10-11,13H2,1-2H3;1H. The number of ether oxygens (including phenoxy) is 1. The van der Waals surface area contributed by atoms with Gasteiger partial charge in [0.15, 0.2) is 0 Å². The number of rotatable bonds is 5. The molecule has 0 aromatic heterocycles. The lowest BCUT2D eigenvalue weighted by Gasteiger charge is -2.23. The lowest BCUT2D eigenvalue weighted by molar-refractivity contribution is 0.0743. The van der Waals surface area contributed by atoms with Crippen LogP contribution in [0.2, 0.25) is 0 Å². The van der Waals surface area contributed by atoms with Gasteiger partial charge in [0.25, 0.3) is 17.7 Å². The molecule has 30 heavy (non-hydrogen) atoms. The summed E-state index contributed by atoms with van der Waals surface area (Å²) in [6.07, 6.45) is 0.899. The fraction of sp³-hybridized carbons (Fsp3) is 0.318. The topological polar surface area (TPSA) is 79.0 Å². The molecule has 4 rings (SSSR count). The molecule has 8 heteroatoms. The highest BCUT2D eigenvalue weighted by Gasteiger charge is 2.37. The van der Waals surface area contributed by atoms with E-state index >= 15 is 0 Å². The van der Waals surface area contributed by atoms with Crippen molar-refractivity contribution in [2.24, 2.45) is 0 Å². The van der Waals surface area contributed by atoms with Crippen molar-refractivity contribution >= 4 is 35.8 Å². The van der Waals surface area contributed by atoms with E-state index in [-0.39, 0.29) is 35.8 Å². The first-order valence-corrected chi connectivity index (χ1v) is 9.75. The van der Waals surface area contributed by atoms with E-state index in [1.807, 2.05) is 6.92 Å². The molecule has 0 aliphatic carbocycles. The maximum Gasteiger partial charge on any atom is 0.266 e. The Morgan fingerprint density at radius 3 is 2.47 bits per heavy atom. The van der Waals surface area contributed by atoms with Gasteiger partial charge in [0.05, 0.1) is 23.4 Å². The van der Waals surface area contributed by atoms with Gasteiger partial charge in [-0.15, -0.1) is 12.4 Å². The van der Waals surface area contributed by atoms with Crippen molar-refractivity contribution in [2.75, 3.05) is 31.6 Å². The average molecular weight is 430 g/mol. The van der Waals surface area contributed by atoms with Crippen LogP contribution >= 0.6 is 12.4 Å². The largest absolute Gasteiger partial charge is 0.494 e. The lowest BCUT2D eigenvalue weighted by atomic mass is 10.0. The molecule has 2 aromatic rings. The number of nitrogens with zero attached hydrogens (tertiary/aromatic N) is 2. The van der Waals surface area contributed by atoms with Crippen LogP contribution in [0, 0.1) is 0 Å². The SMILES string of the molecule is CCOc1ccc(N2C(=O)c3ccc(C(=O)N(C)C4CCNC4)cc3C2=O)cc1.Cl. The third-order valence-corrected chi connectivity index (χ3v) is 5.44. The molecule has 0 radical (unpaired) electrons. The van der Waals surface area contributed by atoms with Crippen LogP contribution in [-0.4, -0.2) is 55.4 Å². The molecule has 0 spiro atoms. The Kier molecular flexibility index (Phi) is 6.43. The second-order valence-corrected chi connectivity index (χ2v) is 7.20. The summed E-state index contributed by atoms with van der Waals surface area (Å²) < 4.78 is 5.41. The number of carbonyl (C=O) groups is 3. The van der Waals surface area contributed by atoms with Gasteiger partial charge in [0, 0.05) is 25.2 Å². The average Bonchev–Trinajstić information content (AvgIpc) is 3.36. The van der Waals surface area contributed by atoms with E-state index in [0.717, 1.165) is 24.4 Å². The van der Waals surface area contributed by atoms with E-state index < -0.39 is 5.91 Å². The summed E-state index contributed by atoms with van der Waals surface area (Å²) in [5, 5.41) is 3.24. The second kappa shape index (κ2) is 8.85. The molecule has 0 bridgehead atoms. The van der Waals surface area contributed by atoms with Gasteiger partial charge in [-0.3, -0.25) is 14.4 Å². The number of likely N-dealkylation sites (N-methyl/N-ethyl adjacent to an activating group) is 1. The van der Waals surface area contributed by atoms with E-state index in [1.54, 1.807) is 48.3 Å². The molecule has 1 unspecified atom stereocenters. The number of benzene rings is 2. The summed E-state index contributed by atoms with van der Waals surface area (Å²) in [7, 11) is 1.77. The van der Waals surface area contributed by atoms with Crippen LogP contribution < -0.4 is 15.0 Å². The van der Waals surface area contributed by atoms with Crippen molar-refractivity contribution in [2.45, 2.75) is 19.4 Å². The third kappa shape index (κ3) is 3.78. The van der Waals surface area contributed by atoms with Crippen LogP contribution in [0.3, 0.4) is 0 Å². The summed E-state index contributed by atoms with van der Waals surface area (Å²) in [5.74, 6) is -0.290. The van der Waals surface area contributed by atoms with E-state index in [9.17, 15) is 14.4 Å². The quantitative estimate of drug-likeness (QED) is 0.739. The monoisotopic (exact) mass is 429 g/mol. The Morgan fingerprint density at radius 2 is 1.83 bits per heavy atom. The summed E-state index contributed by atoms with van der Waals surface area (Å²) in [6.45, 7) is 4.07. The van der Waals surface area contributed by atoms with E-state index in [1.165, 1.54) is 6.07 Å². The number of hydrogen-bond donors (Lipinski definition) is 1. The number of halogens is 1. The van der Waals surface area contributed by atoms with Gasteiger partial charge in [-0.1, -0.05) is 0 Å². The normalized spacial score (nSPS) is 17.5. The number of fused-ring (bicyclic) bond motifs is 1. The molecule has 2 aliphatic rings. The van der Waals surface area contributed by atoms with Crippen molar-refractivity contribution in [1.82, 2.24) is 10.2 Å². The predicted octanol–water partition coefficient (Wildman–Crippen LogP) is 2.74. The number of carbonyl (C=O) groups excluding carboxylic acids is 3. The number of imide groups is 1.